The summed E-state index contributed by atoms with van der Waals surface area (Å²) in [6.07, 6.45) is 1.73. The Balaban J connectivity index is 2.13. The van der Waals surface area contributed by atoms with Gasteiger partial charge in [-0.15, -0.1) is 0 Å². The quantitative estimate of drug-likeness (QED) is 0.684. The summed E-state index contributed by atoms with van der Waals surface area (Å²) >= 11 is 0. The molecule has 0 bridgehead atoms. The average Bonchev–Trinajstić information content (AvgIpc) is 2.53. The molecular formula is C16H22N2O4. The van der Waals surface area contributed by atoms with Crippen LogP contribution in [0.4, 0.5) is 5.69 Å². The van der Waals surface area contributed by atoms with E-state index < -0.39 is 4.92 Å². The zero-order valence-electron chi connectivity index (χ0n) is 13.0. The van der Waals surface area contributed by atoms with Gasteiger partial charge >= 0.3 is 0 Å². The fraction of sp³-hybridized carbons (Fsp3) is 0.562. The first kappa shape index (κ1) is 16.4. The minimum absolute atomic E-state index is 0.00668. The minimum Gasteiger partial charge on any atom is -0.393 e. The molecule has 0 spiro atoms. The molecule has 1 amide bonds. The van der Waals surface area contributed by atoms with Gasteiger partial charge < -0.3 is 10.0 Å². The van der Waals surface area contributed by atoms with E-state index >= 15 is 0 Å². The van der Waals surface area contributed by atoms with E-state index in [1.165, 1.54) is 6.07 Å². The second-order valence-electron chi connectivity index (χ2n) is 5.82. The summed E-state index contributed by atoms with van der Waals surface area (Å²) in [5.41, 5.74) is 1.00. The number of nitro benzene ring substituents is 1. The van der Waals surface area contributed by atoms with Crippen LogP contribution in [0.2, 0.25) is 0 Å². The van der Waals surface area contributed by atoms with Crippen LogP contribution in [0.5, 0.6) is 0 Å². The third-order valence-electron chi connectivity index (χ3n) is 4.42. The topological polar surface area (TPSA) is 83.7 Å². The Labute approximate surface area is 129 Å². The number of likely N-dealkylation sites (tertiary alicyclic amines) is 1. The van der Waals surface area contributed by atoms with Gasteiger partial charge in [-0.25, -0.2) is 0 Å². The van der Waals surface area contributed by atoms with Crippen LogP contribution in [0.15, 0.2) is 18.2 Å². The van der Waals surface area contributed by atoms with Crippen LogP contribution in [0, 0.1) is 16.0 Å². The summed E-state index contributed by atoms with van der Waals surface area (Å²) in [5, 5.41) is 20.7. The number of nitrogens with zero attached hydrogens (tertiary/aromatic N) is 2. The molecule has 0 saturated carbocycles. The Morgan fingerprint density at radius 3 is 2.59 bits per heavy atom. The van der Waals surface area contributed by atoms with Gasteiger partial charge in [0, 0.05) is 30.3 Å². The fourth-order valence-electron chi connectivity index (χ4n) is 2.93. The lowest BCUT2D eigenvalue weighted by atomic mass is 9.92. The van der Waals surface area contributed by atoms with Gasteiger partial charge in [-0.3, -0.25) is 14.9 Å². The van der Waals surface area contributed by atoms with Crippen LogP contribution in [0.1, 0.15) is 42.6 Å². The molecule has 6 heteroatoms. The molecule has 1 unspecified atom stereocenters. The van der Waals surface area contributed by atoms with E-state index in [0.29, 0.717) is 30.6 Å². The van der Waals surface area contributed by atoms with Crippen LogP contribution in [-0.4, -0.2) is 40.0 Å². The van der Waals surface area contributed by atoms with Crippen LogP contribution in [0.3, 0.4) is 0 Å². The lowest BCUT2D eigenvalue weighted by Gasteiger charge is -2.33. The number of amides is 1. The predicted molar refractivity (Wildman–Crippen MR) is 82.8 cm³/mol. The summed E-state index contributed by atoms with van der Waals surface area (Å²) in [6, 6.07) is 4.70. The maximum absolute atomic E-state index is 12.5. The van der Waals surface area contributed by atoms with Crippen molar-refractivity contribution in [3.05, 3.63) is 39.4 Å². The lowest BCUT2D eigenvalue weighted by molar-refractivity contribution is -0.385. The molecule has 0 aliphatic carbocycles. The third kappa shape index (κ3) is 3.44. The molecule has 1 aliphatic rings. The molecule has 1 aliphatic heterocycles. The zero-order valence-corrected chi connectivity index (χ0v) is 13.0. The molecule has 1 atom stereocenters. The van der Waals surface area contributed by atoms with Gasteiger partial charge in [0.2, 0.25) is 0 Å². The third-order valence-corrected chi connectivity index (χ3v) is 4.42. The van der Waals surface area contributed by atoms with Gasteiger partial charge in [-0.1, -0.05) is 13.0 Å². The zero-order chi connectivity index (χ0) is 16.3. The summed E-state index contributed by atoms with van der Waals surface area (Å²) in [4.78, 5) is 24.9. The molecular weight excluding hydrogens is 284 g/mol. The van der Waals surface area contributed by atoms with E-state index in [1.54, 1.807) is 24.0 Å². The molecule has 0 aromatic heterocycles. The normalized spacial score (nSPS) is 17.3. The van der Waals surface area contributed by atoms with Gasteiger partial charge in [-0.05, 0) is 38.2 Å². The van der Waals surface area contributed by atoms with Crippen molar-refractivity contribution >= 4 is 11.6 Å². The van der Waals surface area contributed by atoms with Crippen molar-refractivity contribution in [1.29, 1.82) is 0 Å². The monoisotopic (exact) mass is 306 g/mol. The SMILES string of the molecule is CCc1ccc(C(=O)N2CCC(C(C)O)CC2)cc1[N+](=O)[O-]. The Kier molecular flexibility index (Phi) is 5.13. The van der Waals surface area contributed by atoms with Crippen LogP contribution in [-0.2, 0) is 6.42 Å². The standard InChI is InChI=1S/C16H22N2O4/c1-3-12-4-5-14(10-15(12)18(21)22)16(20)17-8-6-13(7-9-17)11(2)19/h4-5,10-11,13,19H,3,6-9H2,1-2H3. The molecule has 1 N–H and O–H groups in total. The van der Waals surface area contributed by atoms with Crippen molar-refractivity contribution in [1.82, 2.24) is 4.90 Å². The van der Waals surface area contributed by atoms with Crippen molar-refractivity contribution in [3.63, 3.8) is 0 Å². The first-order chi connectivity index (χ1) is 10.4. The maximum atomic E-state index is 12.5. The molecule has 1 saturated heterocycles. The van der Waals surface area contributed by atoms with Gasteiger partial charge in [-0.2, -0.15) is 0 Å². The van der Waals surface area contributed by atoms with E-state index in [2.05, 4.69) is 0 Å². The highest BCUT2D eigenvalue weighted by Crippen LogP contribution is 2.25. The number of aliphatic hydroxyl groups is 1. The molecule has 1 aromatic rings. The van der Waals surface area contributed by atoms with Gasteiger partial charge in [0.05, 0.1) is 11.0 Å². The number of rotatable bonds is 4. The number of nitro groups is 1. The number of benzene rings is 1. The highest BCUT2D eigenvalue weighted by molar-refractivity contribution is 5.95. The number of hydrogen-bond acceptors (Lipinski definition) is 4. The smallest absolute Gasteiger partial charge is 0.273 e. The second kappa shape index (κ2) is 6.87. The maximum Gasteiger partial charge on any atom is 0.273 e. The van der Waals surface area contributed by atoms with Crippen LogP contribution < -0.4 is 0 Å². The highest BCUT2D eigenvalue weighted by atomic mass is 16.6. The summed E-state index contributed by atoms with van der Waals surface area (Å²) < 4.78 is 0. The molecule has 0 radical (unpaired) electrons. The van der Waals surface area contributed by atoms with E-state index in [-0.39, 0.29) is 23.6 Å². The molecule has 1 fully saturated rings. The number of carbonyl (C=O) groups is 1. The molecule has 2 rings (SSSR count). The Bertz CT molecular complexity index is 563. The number of hydrogen-bond donors (Lipinski definition) is 1. The second-order valence-corrected chi connectivity index (χ2v) is 5.82. The van der Waals surface area contributed by atoms with E-state index in [9.17, 15) is 20.0 Å². The van der Waals surface area contributed by atoms with E-state index in [1.807, 2.05) is 6.92 Å². The molecule has 120 valence electrons. The predicted octanol–water partition coefficient (Wildman–Crippen LogP) is 2.39. The first-order valence-electron chi connectivity index (χ1n) is 7.68. The Morgan fingerprint density at radius 1 is 1.45 bits per heavy atom. The Morgan fingerprint density at radius 2 is 2.09 bits per heavy atom. The van der Waals surface area contributed by atoms with Crippen molar-refractivity contribution in [2.75, 3.05) is 13.1 Å². The highest BCUT2D eigenvalue weighted by Gasteiger charge is 2.27. The molecule has 22 heavy (non-hydrogen) atoms. The minimum atomic E-state index is -0.435. The first-order valence-corrected chi connectivity index (χ1v) is 7.68. The molecule has 6 nitrogen and oxygen atoms in total. The number of aliphatic hydroxyl groups excluding tert-OH is 1. The summed E-state index contributed by atoms with van der Waals surface area (Å²) in [6.45, 7) is 4.79. The van der Waals surface area contributed by atoms with Crippen molar-refractivity contribution in [3.8, 4) is 0 Å². The van der Waals surface area contributed by atoms with E-state index in [0.717, 1.165) is 12.8 Å². The van der Waals surface area contributed by atoms with Crippen molar-refractivity contribution < 1.29 is 14.8 Å². The summed E-state index contributed by atoms with van der Waals surface area (Å²) in [5.74, 6) is 0.0515. The van der Waals surface area contributed by atoms with Crippen molar-refractivity contribution in [2.24, 2.45) is 5.92 Å². The summed E-state index contributed by atoms with van der Waals surface area (Å²) in [7, 11) is 0. The number of piperidine rings is 1. The number of carbonyl (C=O) groups excluding carboxylic acids is 1. The van der Waals surface area contributed by atoms with Gasteiger partial charge in [0.15, 0.2) is 0 Å². The molecule has 1 aromatic carbocycles. The molecule has 1 heterocycles. The van der Waals surface area contributed by atoms with Crippen molar-refractivity contribution in [2.45, 2.75) is 39.2 Å². The largest absolute Gasteiger partial charge is 0.393 e. The van der Waals surface area contributed by atoms with Gasteiger partial charge in [0.1, 0.15) is 0 Å². The lowest BCUT2D eigenvalue weighted by Crippen LogP contribution is -2.40. The van der Waals surface area contributed by atoms with E-state index in [4.69, 9.17) is 0 Å². The van der Waals surface area contributed by atoms with Gasteiger partial charge in [0.25, 0.3) is 11.6 Å². The Hall–Kier alpha value is -1.95. The number of aryl methyl sites for hydroxylation is 1. The average molecular weight is 306 g/mol. The van der Waals surface area contributed by atoms with Crippen LogP contribution >= 0.6 is 0 Å². The fourth-order valence-corrected chi connectivity index (χ4v) is 2.93. The van der Waals surface area contributed by atoms with Crippen LogP contribution in [0.25, 0.3) is 0 Å².